The fourth-order valence-electron chi connectivity index (χ4n) is 4.14. The van der Waals surface area contributed by atoms with Gasteiger partial charge >= 0.3 is 23.9 Å². The first kappa shape index (κ1) is 24.3. The van der Waals surface area contributed by atoms with Crippen molar-refractivity contribution in [3.8, 4) is 0 Å². The summed E-state index contributed by atoms with van der Waals surface area (Å²) in [6.07, 6.45) is 0. The van der Waals surface area contributed by atoms with Crippen LogP contribution in [-0.4, -0.2) is 68.3 Å². The molecule has 0 aliphatic carbocycles. The van der Waals surface area contributed by atoms with Crippen LogP contribution < -0.4 is 0 Å². The zero-order valence-electron chi connectivity index (χ0n) is 18.4. The van der Waals surface area contributed by atoms with Crippen LogP contribution in [-0.2, 0) is 38.1 Å². The Morgan fingerprint density at radius 3 is 1.58 bits per heavy atom. The number of hydrogen-bond acceptors (Lipinski definition) is 9. The molecule has 1 aromatic carbocycles. The van der Waals surface area contributed by atoms with Gasteiger partial charge in [0, 0.05) is 6.04 Å². The first-order valence-corrected chi connectivity index (χ1v) is 10.1. The Hall–Kier alpha value is -2.94. The number of hydrogen-bond donors (Lipinski definition) is 0. The Bertz CT molecular complexity index is 752. The summed E-state index contributed by atoms with van der Waals surface area (Å²) in [6, 6.07) is 6.09. The summed E-state index contributed by atoms with van der Waals surface area (Å²) in [4.78, 5) is 53.1. The van der Waals surface area contributed by atoms with Crippen molar-refractivity contribution >= 4 is 23.9 Å². The average molecular weight is 435 g/mol. The summed E-state index contributed by atoms with van der Waals surface area (Å²) in [6.45, 7) is 5.16. The number of nitrogens with zero attached hydrogens (tertiary/aromatic N) is 1. The van der Waals surface area contributed by atoms with Gasteiger partial charge in [-0.25, -0.2) is 0 Å². The highest BCUT2D eigenvalue weighted by Crippen LogP contribution is 2.43. The van der Waals surface area contributed by atoms with Gasteiger partial charge in [-0.15, -0.1) is 0 Å². The van der Waals surface area contributed by atoms with Gasteiger partial charge in [-0.1, -0.05) is 30.3 Å². The maximum atomic E-state index is 13.0. The molecule has 1 aromatic rings. The van der Waals surface area contributed by atoms with Crippen molar-refractivity contribution in [2.75, 3.05) is 27.4 Å². The number of rotatable bonds is 8. The van der Waals surface area contributed by atoms with Crippen molar-refractivity contribution in [1.82, 2.24) is 4.90 Å². The smallest absolute Gasteiger partial charge is 0.324 e. The molecule has 2 rings (SSSR count). The van der Waals surface area contributed by atoms with Gasteiger partial charge in [-0.2, -0.15) is 0 Å². The van der Waals surface area contributed by atoms with Crippen LogP contribution in [0.15, 0.2) is 30.3 Å². The highest BCUT2D eigenvalue weighted by atomic mass is 16.5. The standard InChI is InChI=1S/C22H29NO8/c1-6-30-21(26)17-15(19(24)28-4)16(20(25)29-5)18(22(27)31-7-2)23(17)13(3)14-11-9-8-10-12-14/h8-13,15-18H,6-7H2,1-5H3/t13-,15-,16-,17-,18-/m1/s1. The Kier molecular flexibility index (Phi) is 8.56. The predicted octanol–water partition coefficient (Wildman–Crippen LogP) is 1.51. The quantitative estimate of drug-likeness (QED) is 0.443. The summed E-state index contributed by atoms with van der Waals surface area (Å²) in [5.41, 5.74) is 0.778. The van der Waals surface area contributed by atoms with E-state index in [9.17, 15) is 19.2 Å². The lowest BCUT2D eigenvalue weighted by molar-refractivity contribution is -0.162. The summed E-state index contributed by atoms with van der Waals surface area (Å²) in [5, 5.41) is 0. The normalized spacial score (nSPS) is 24.2. The van der Waals surface area contributed by atoms with Crippen LogP contribution in [0.25, 0.3) is 0 Å². The Balaban J connectivity index is 2.72. The maximum absolute atomic E-state index is 13.0. The molecule has 9 nitrogen and oxygen atoms in total. The van der Waals surface area contributed by atoms with Crippen molar-refractivity contribution in [2.45, 2.75) is 38.9 Å². The van der Waals surface area contributed by atoms with Crippen LogP contribution in [0.2, 0.25) is 0 Å². The molecule has 0 bridgehead atoms. The van der Waals surface area contributed by atoms with Gasteiger partial charge in [-0.3, -0.25) is 24.1 Å². The maximum Gasteiger partial charge on any atom is 0.324 e. The number of methoxy groups -OCH3 is 2. The van der Waals surface area contributed by atoms with Crippen LogP contribution in [0.1, 0.15) is 32.4 Å². The number of likely N-dealkylation sites (tertiary alicyclic amines) is 1. The molecule has 0 unspecified atom stereocenters. The summed E-state index contributed by atoms with van der Waals surface area (Å²) >= 11 is 0. The molecule has 170 valence electrons. The summed E-state index contributed by atoms with van der Waals surface area (Å²) in [5.74, 6) is -5.71. The van der Waals surface area contributed by atoms with Crippen LogP contribution in [0.3, 0.4) is 0 Å². The van der Waals surface area contributed by atoms with Crippen molar-refractivity contribution < 1.29 is 38.1 Å². The lowest BCUT2D eigenvalue weighted by Gasteiger charge is -2.34. The average Bonchev–Trinajstić information content (AvgIpc) is 3.14. The fourth-order valence-corrected chi connectivity index (χ4v) is 4.14. The van der Waals surface area contributed by atoms with E-state index in [0.717, 1.165) is 19.8 Å². The molecule has 1 heterocycles. The third kappa shape index (κ3) is 4.87. The van der Waals surface area contributed by atoms with Gasteiger partial charge in [0.2, 0.25) is 0 Å². The molecule has 0 N–H and O–H groups in total. The zero-order valence-corrected chi connectivity index (χ0v) is 18.4. The number of carbonyl (C=O) groups excluding carboxylic acids is 4. The van der Waals surface area contributed by atoms with Gasteiger partial charge in [0.15, 0.2) is 0 Å². The molecule has 9 heteroatoms. The first-order valence-electron chi connectivity index (χ1n) is 10.1. The monoisotopic (exact) mass is 435 g/mol. The SMILES string of the molecule is CCOC(=O)[C@H]1[C@H](C(=O)OC)[C@@H](C(=O)OC)[C@H](C(=O)OCC)N1[C@H](C)c1ccccc1. The van der Waals surface area contributed by atoms with Gasteiger partial charge in [-0.05, 0) is 26.3 Å². The minimum absolute atomic E-state index is 0.0593. The molecule has 1 fully saturated rings. The van der Waals surface area contributed by atoms with E-state index in [1.54, 1.807) is 20.8 Å². The molecule has 0 amide bonds. The molecule has 0 radical (unpaired) electrons. The molecule has 0 aromatic heterocycles. The van der Waals surface area contributed by atoms with E-state index in [1.807, 2.05) is 30.3 Å². The van der Waals surface area contributed by atoms with E-state index in [0.29, 0.717) is 0 Å². The van der Waals surface area contributed by atoms with Crippen LogP contribution in [0.5, 0.6) is 0 Å². The summed E-state index contributed by atoms with van der Waals surface area (Å²) < 4.78 is 20.3. The van der Waals surface area contributed by atoms with E-state index in [2.05, 4.69) is 0 Å². The van der Waals surface area contributed by atoms with Crippen molar-refractivity contribution in [2.24, 2.45) is 11.8 Å². The third-order valence-corrected chi connectivity index (χ3v) is 5.44. The zero-order chi connectivity index (χ0) is 23.1. The topological polar surface area (TPSA) is 108 Å². The molecular weight excluding hydrogens is 406 g/mol. The second-order valence-corrected chi connectivity index (χ2v) is 7.03. The van der Waals surface area contributed by atoms with Crippen LogP contribution in [0, 0.1) is 11.8 Å². The highest BCUT2D eigenvalue weighted by molar-refractivity contribution is 5.95. The van der Waals surface area contributed by atoms with Gasteiger partial charge < -0.3 is 18.9 Å². The van der Waals surface area contributed by atoms with Gasteiger partial charge in [0.05, 0.1) is 39.3 Å². The molecule has 0 saturated carbocycles. The second kappa shape index (κ2) is 10.9. The van der Waals surface area contributed by atoms with Crippen LogP contribution >= 0.6 is 0 Å². The molecule has 1 aliphatic rings. The highest BCUT2D eigenvalue weighted by Gasteiger charge is 2.63. The lowest BCUT2D eigenvalue weighted by Crippen LogP contribution is -2.49. The first-order chi connectivity index (χ1) is 14.8. The third-order valence-electron chi connectivity index (χ3n) is 5.44. The minimum Gasteiger partial charge on any atom is -0.469 e. The van der Waals surface area contributed by atoms with Gasteiger partial charge in [0.1, 0.15) is 12.1 Å². The fraction of sp³-hybridized carbons (Fsp3) is 0.545. The van der Waals surface area contributed by atoms with Crippen molar-refractivity contribution in [3.63, 3.8) is 0 Å². The van der Waals surface area contributed by atoms with E-state index in [4.69, 9.17) is 18.9 Å². The molecular formula is C22H29NO8. The molecule has 1 aliphatic heterocycles. The minimum atomic E-state index is -1.31. The van der Waals surface area contributed by atoms with E-state index in [1.165, 1.54) is 4.90 Å². The van der Waals surface area contributed by atoms with E-state index in [-0.39, 0.29) is 13.2 Å². The number of ether oxygens (including phenoxy) is 4. The van der Waals surface area contributed by atoms with Gasteiger partial charge in [0.25, 0.3) is 0 Å². The second-order valence-electron chi connectivity index (χ2n) is 7.03. The Labute approximate surface area is 181 Å². The number of benzene rings is 1. The molecule has 0 spiro atoms. The Morgan fingerprint density at radius 2 is 1.23 bits per heavy atom. The molecule has 1 saturated heterocycles. The lowest BCUT2D eigenvalue weighted by atomic mass is 9.86. The van der Waals surface area contributed by atoms with Crippen molar-refractivity contribution in [3.05, 3.63) is 35.9 Å². The largest absolute Gasteiger partial charge is 0.469 e. The predicted molar refractivity (Wildman–Crippen MR) is 109 cm³/mol. The number of carbonyl (C=O) groups is 4. The van der Waals surface area contributed by atoms with Crippen molar-refractivity contribution in [1.29, 1.82) is 0 Å². The van der Waals surface area contributed by atoms with E-state index >= 15 is 0 Å². The molecule has 31 heavy (non-hydrogen) atoms. The Morgan fingerprint density at radius 1 is 0.806 bits per heavy atom. The number of esters is 4. The summed E-state index contributed by atoms with van der Waals surface area (Å²) in [7, 11) is 2.31. The molecule has 5 atom stereocenters. The van der Waals surface area contributed by atoms with Crippen LogP contribution in [0.4, 0.5) is 0 Å². The van der Waals surface area contributed by atoms with E-state index < -0.39 is 53.8 Å².